The molecule has 1 aliphatic rings. The summed E-state index contributed by atoms with van der Waals surface area (Å²) in [5.74, 6) is -1.66. The minimum atomic E-state index is -1.03. The maximum Gasteiger partial charge on any atom is 0.407 e. The first kappa shape index (κ1) is 22.3. The molecule has 1 aliphatic carbocycles. The Labute approximate surface area is 180 Å². The molecule has 8 nitrogen and oxygen atoms in total. The quantitative estimate of drug-likeness (QED) is 0.568. The number of nitrogens with one attached hydrogen (secondary N) is 2. The molecule has 0 radical (unpaired) electrons. The molecule has 0 aromatic heterocycles. The second kappa shape index (κ2) is 10.1. The number of hydrogen-bond acceptors (Lipinski definition) is 5. The first-order valence-corrected chi connectivity index (χ1v) is 10.0. The van der Waals surface area contributed by atoms with E-state index < -0.39 is 30.1 Å². The van der Waals surface area contributed by atoms with E-state index in [-0.39, 0.29) is 25.6 Å². The maximum atomic E-state index is 12.4. The summed E-state index contributed by atoms with van der Waals surface area (Å²) in [6.45, 7) is 1.62. The largest absolute Gasteiger partial charge is 0.481 e. The van der Waals surface area contributed by atoms with E-state index in [1.807, 2.05) is 48.5 Å². The van der Waals surface area contributed by atoms with Gasteiger partial charge in [0.2, 0.25) is 5.91 Å². The molecule has 0 spiro atoms. The third kappa shape index (κ3) is 5.40. The van der Waals surface area contributed by atoms with E-state index in [1.165, 1.54) is 7.11 Å². The van der Waals surface area contributed by atoms with Crippen LogP contribution in [-0.2, 0) is 19.1 Å². The molecule has 2 aromatic rings. The lowest BCUT2D eigenvalue weighted by Gasteiger charge is -2.21. The molecule has 31 heavy (non-hydrogen) atoms. The Morgan fingerprint density at radius 2 is 1.58 bits per heavy atom. The van der Waals surface area contributed by atoms with Crippen LogP contribution >= 0.6 is 0 Å². The highest BCUT2D eigenvalue weighted by Gasteiger charge is 2.30. The summed E-state index contributed by atoms with van der Waals surface area (Å²) in [5.41, 5.74) is 4.42. The van der Waals surface area contributed by atoms with Gasteiger partial charge in [0, 0.05) is 19.1 Å². The fourth-order valence-corrected chi connectivity index (χ4v) is 3.79. The highest BCUT2D eigenvalue weighted by Crippen LogP contribution is 2.44. The van der Waals surface area contributed by atoms with Crippen LogP contribution in [-0.4, -0.2) is 55.5 Å². The van der Waals surface area contributed by atoms with Gasteiger partial charge in [-0.1, -0.05) is 48.5 Å². The average molecular weight is 426 g/mol. The molecule has 0 saturated carbocycles. The molecule has 0 bridgehead atoms. The van der Waals surface area contributed by atoms with Gasteiger partial charge in [0.15, 0.2) is 0 Å². The van der Waals surface area contributed by atoms with Crippen LogP contribution in [0.5, 0.6) is 0 Å². The zero-order valence-corrected chi connectivity index (χ0v) is 17.5. The molecule has 164 valence electrons. The summed E-state index contributed by atoms with van der Waals surface area (Å²) in [7, 11) is 1.40. The number of benzene rings is 2. The molecule has 3 N–H and O–H groups in total. The molecule has 0 heterocycles. The lowest BCUT2D eigenvalue weighted by molar-refractivity contribution is -0.137. The van der Waals surface area contributed by atoms with E-state index in [2.05, 4.69) is 10.6 Å². The van der Waals surface area contributed by atoms with Crippen LogP contribution < -0.4 is 10.6 Å². The number of carbonyl (C=O) groups excluding carboxylic acids is 2. The summed E-state index contributed by atoms with van der Waals surface area (Å²) in [5, 5.41) is 13.9. The van der Waals surface area contributed by atoms with Crippen LogP contribution in [0.15, 0.2) is 48.5 Å². The zero-order chi connectivity index (χ0) is 22.4. The van der Waals surface area contributed by atoms with Gasteiger partial charge >= 0.3 is 12.1 Å². The molecular formula is C23H26N2O6. The molecule has 2 amide bonds. The highest BCUT2D eigenvalue weighted by atomic mass is 16.5. The van der Waals surface area contributed by atoms with Gasteiger partial charge in [-0.05, 0) is 29.2 Å². The van der Waals surface area contributed by atoms with Crippen molar-refractivity contribution in [2.24, 2.45) is 0 Å². The normalized spacial score (nSPS) is 14.1. The summed E-state index contributed by atoms with van der Waals surface area (Å²) >= 11 is 0. The fourth-order valence-electron chi connectivity index (χ4n) is 3.79. The van der Waals surface area contributed by atoms with Crippen molar-refractivity contribution >= 4 is 18.0 Å². The van der Waals surface area contributed by atoms with Gasteiger partial charge in [-0.15, -0.1) is 0 Å². The highest BCUT2D eigenvalue weighted by molar-refractivity contribution is 5.86. The van der Waals surface area contributed by atoms with Gasteiger partial charge < -0.3 is 25.2 Å². The number of carboxylic acid groups (broad SMARTS) is 1. The van der Waals surface area contributed by atoms with Crippen molar-refractivity contribution in [3.8, 4) is 11.1 Å². The maximum absolute atomic E-state index is 12.4. The van der Waals surface area contributed by atoms with Crippen molar-refractivity contribution in [3.63, 3.8) is 0 Å². The third-order valence-corrected chi connectivity index (χ3v) is 5.16. The average Bonchev–Trinajstić information content (AvgIpc) is 3.05. The number of hydrogen-bond donors (Lipinski definition) is 3. The first-order valence-electron chi connectivity index (χ1n) is 10.0. The Morgan fingerprint density at radius 1 is 1.00 bits per heavy atom. The molecular weight excluding hydrogens is 400 g/mol. The van der Waals surface area contributed by atoms with Crippen molar-refractivity contribution in [2.75, 3.05) is 20.3 Å². The Bertz CT molecular complexity index is 915. The minimum absolute atomic E-state index is 0.0736. The van der Waals surface area contributed by atoms with E-state index in [0.717, 1.165) is 22.3 Å². The summed E-state index contributed by atoms with van der Waals surface area (Å²) in [6, 6.07) is 14.4. The van der Waals surface area contributed by atoms with Crippen molar-refractivity contribution in [1.82, 2.24) is 10.6 Å². The number of carbonyl (C=O) groups is 3. The first-order chi connectivity index (χ1) is 14.9. The third-order valence-electron chi connectivity index (χ3n) is 5.16. The number of carboxylic acids is 1. The van der Waals surface area contributed by atoms with Crippen LogP contribution in [0.4, 0.5) is 4.79 Å². The molecule has 2 atom stereocenters. The number of fused-ring (bicyclic) bond motifs is 3. The second-order valence-corrected chi connectivity index (χ2v) is 7.49. The molecule has 8 heteroatoms. The predicted octanol–water partition coefficient (Wildman–Crippen LogP) is 2.52. The molecule has 0 aliphatic heterocycles. The predicted molar refractivity (Wildman–Crippen MR) is 114 cm³/mol. The van der Waals surface area contributed by atoms with Crippen molar-refractivity contribution in [2.45, 2.75) is 31.3 Å². The van der Waals surface area contributed by atoms with Gasteiger partial charge in [0.1, 0.15) is 12.6 Å². The van der Waals surface area contributed by atoms with Gasteiger partial charge in [-0.2, -0.15) is 0 Å². The van der Waals surface area contributed by atoms with E-state index in [0.29, 0.717) is 0 Å². The van der Waals surface area contributed by atoms with Gasteiger partial charge in [-0.25, -0.2) is 4.79 Å². The van der Waals surface area contributed by atoms with Crippen LogP contribution in [0.25, 0.3) is 11.1 Å². The number of ether oxygens (including phenoxy) is 2. The Kier molecular flexibility index (Phi) is 7.25. The van der Waals surface area contributed by atoms with Crippen LogP contribution in [0.3, 0.4) is 0 Å². The van der Waals surface area contributed by atoms with Gasteiger partial charge in [0.05, 0.1) is 13.0 Å². The van der Waals surface area contributed by atoms with Crippen molar-refractivity contribution in [3.05, 3.63) is 59.7 Å². The smallest absolute Gasteiger partial charge is 0.407 e. The molecule has 3 rings (SSSR count). The van der Waals surface area contributed by atoms with Crippen LogP contribution in [0.1, 0.15) is 30.4 Å². The van der Waals surface area contributed by atoms with Crippen LogP contribution in [0, 0.1) is 0 Å². The summed E-state index contributed by atoms with van der Waals surface area (Å²) < 4.78 is 10.5. The summed E-state index contributed by atoms with van der Waals surface area (Å²) in [6.07, 6.45) is -0.971. The zero-order valence-electron chi connectivity index (χ0n) is 17.5. The standard InChI is InChI=1S/C23H26N2O6/c1-14(11-21(26)27)24-22(28)20(13-30-2)25-23(29)31-12-19-17-9-5-3-7-15(17)16-8-4-6-10-18(16)19/h3-10,14,19-20H,11-13H2,1-2H3,(H,24,28)(H,25,29)(H,26,27). The second-order valence-electron chi connectivity index (χ2n) is 7.49. The monoisotopic (exact) mass is 426 g/mol. The number of rotatable bonds is 9. The van der Waals surface area contributed by atoms with E-state index in [9.17, 15) is 14.4 Å². The van der Waals surface area contributed by atoms with Crippen molar-refractivity contribution < 1.29 is 29.0 Å². The lowest BCUT2D eigenvalue weighted by Crippen LogP contribution is -2.51. The number of methoxy groups -OCH3 is 1. The van der Waals surface area contributed by atoms with E-state index in [4.69, 9.17) is 14.6 Å². The van der Waals surface area contributed by atoms with Crippen molar-refractivity contribution in [1.29, 1.82) is 0 Å². The molecule has 2 unspecified atom stereocenters. The van der Waals surface area contributed by atoms with E-state index in [1.54, 1.807) is 6.92 Å². The number of amides is 2. The summed E-state index contributed by atoms with van der Waals surface area (Å²) in [4.78, 5) is 35.6. The fraction of sp³-hybridized carbons (Fsp3) is 0.348. The lowest BCUT2D eigenvalue weighted by atomic mass is 9.98. The minimum Gasteiger partial charge on any atom is -0.481 e. The Balaban J connectivity index is 1.62. The van der Waals surface area contributed by atoms with Gasteiger partial charge in [0.25, 0.3) is 0 Å². The molecule has 2 aromatic carbocycles. The Hall–Kier alpha value is -3.39. The number of alkyl carbamates (subject to hydrolysis) is 1. The molecule has 0 fully saturated rings. The topological polar surface area (TPSA) is 114 Å². The SMILES string of the molecule is COCC(NC(=O)OCC1c2ccccc2-c2ccccc21)C(=O)NC(C)CC(=O)O. The molecule has 0 saturated heterocycles. The van der Waals surface area contributed by atoms with Crippen LogP contribution in [0.2, 0.25) is 0 Å². The van der Waals surface area contributed by atoms with E-state index >= 15 is 0 Å². The van der Waals surface area contributed by atoms with Gasteiger partial charge in [-0.3, -0.25) is 9.59 Å². The Morgan fingerprint density at radius 3 is 2.13 bits per heavy atom. The number of aliphatic carboxylic acids is 1.